The molecular formula is C18H24F3N3. The van der Waals surface area contributed by atoms with Crippen molar-refractivity contribution in [2.45, 2.75) is 57.8 Å². The molecule has 132 valence electrons. The van der Waals surface area contributed by atoms with Crippen molar-refractivity contribution in [3.05, 3.63) is 29.3 Å². The summed E-state index contributed by atoms with van der Waals surface area (Å²) in [5.41, 5.74) is -0.178. The van der Waals surface area contributed by atoms with E-state index in [2.05, 4.69) is 24.1 Å². The van der Waals surface area contributed by atoms with Crippen LogP contribution in [0.2, 0.25) is 0 Å². The number of nitrogens with one attached hydrogen (secondary N) is 1. The standard InChI is InChI=1S/C18H24F3N3/c1-3-24(4-2)17-8-6-5-7-15(17)23-16-11-14(18(19,20)21)10-9-13(16)12-22/h9-11,15,17,23H,3-8H2,1-2H3/t15-,17-/m1/s1. The third-order valence-corrected chi connectivity index (χ3v) is 4.82. The van der Waals surface area contributed by atoms with E-state index in [0.717, 1.165) is 50.9 Å². The molecule has 2 atom stereocenters. The van der Waals surface area contributed by atoms with Crippen LogP contribution >= 0.6 is 0 Å². The van der Waals surface area contributed by atoms with Crippen molar-refractivity contribution in [2.24, 2.45) is 0 Å². The number of anilines is 1. The van der Waals surface area contributed by atoms with Crippen LogP contribution in [0.15, 0.2) is 18.2 Å². The molecule has 6 heteroatoms. The van der Waals surface area contributed by atoms with Gasteiger partial charge in [-0.25, -0.2) is 0 Å². The van der Waals surface area contributed by atoms with Gasteiger partial charge < -0.3 is 5.32 Å². The summed E-state index contributed by atoms with van der Waals surface area (Å²) >= 11 is 0. The molecule has 1 aromatic carbocycles. The molecule has 0 amide bonds. The second-order valence-electron chi connectivity index (χ2n) is 6.19. The molecule has 0 saturated heterocycles. The van der Waals surface area contributed by atoms with Crippen LogP contribution in [0.3, 0.4) is 0 Å². The Morgan fingerprint density at radius 2 is 1.88 bits per heavy atom. The van der Waals surface area contributed by atoms with E-state index in [1.807, 2.05) is 6.07 Å². The van der Waals surface area contributed by atoms with E-state index in [0.29, 0.717) is 0 Å². The molecule has 24 heavy (non-hydrogen) atoms. The Morgan fingerprint density at radius 1 is 1.21 bits per heavy atom. The first-order chi connectivity index (χ1) is 11.4. The Bertz CT molecular complexity index is 588. The summed E-state index contributed by atoms with van der Waals surface area (Å²) < 4.78 is 38.9. The van der Waals surface area contributed by atoms with Crippen LogP contribution in [-0.4, -0.2) is 30.1 Å². The summed E-state index contributed by atoms with van der Waals surface area (Å²) in [6.45, 7) is 6.01. The maximum absolute atomic E-state index is 13.0. The molecule has 0 unspecified atom stereocenters. The van der Waals surface area contributed by atoms with Gasteiger partial charge in [-0.1, -0.05) is 26.7 Å². The van der Waals surface area contributed by atoms with E-state index in [-0.39, 0.29) is 23.3 Å². The number of benzene rings is 1. The average Bonchev–Trinajstić information content (AvgIpc) is 2.56. The molecule has 3 nitrogen and oxygen atoms in total. The molecule has 0 heterocycles. The van der Waals surface area contributed by atoms with Gasteiger partial charge in [0, 0.05) is 12.1 Å². The Morgan fingerprint density at radius 3 is 2.46 bits per heavy atom. The first-order valence-electron chi connectivity index (χ1n) is 8.52. The molecule has 1 aromatic rings. The molecule has 1 fully saturated rings. The van der Waals surface area contributed by atoms with Gasteiger partial charge in [0.2, 0.25) is 0 Å². The van der Waals surface area contributed by atoms with E-state index >= 15 is 0 Å². The van der Waals surface area contributed by atoms with Gasteiger partial charge in [0.25, 0.3) is 0 Å². The summed E-state index contributed by atoms with van der Waals surface area (Å²) in [4.78, 5) is 2.34. The zero-order valence-electron chi connectivity index (χ0n) is 14.2. The smallest absolute Gasteiger partial charge is 0.380 e. The number of likely N-dealkylation sites (N-methyl/N-ethyl adjacent to an activating group) is 1. The van der Waals surface area contributed by atoms with Crippen molar-refractivity contribution in [3.63, 3.8) is 0 Å². The summed E-state index contributed by atoms with van der Waals surface area (Å²) in [5, 5.41) is 12.5. The molecule has 0 aromatic heterocycles. The van der Waals surface area contributed by atoms with E-state index in [9.17, 15) is 18.4 Å². The topological polar surface area (TPSA) is 39.1 Å². The van der Waals surface area contributed by atoms with Gasteiger partial charge in [-0.05, 0) is 44.1 Å². The van der Waals surface area contributed by atoms with Gasteiger partial charge >= 0.3 is 6.18 Å². The molecule has 1 N–H and O–H groups in total. The Balaban J connectivity index is 2.29. The molecule has 0 radical (unpaired) electrons. The minimum atomic E-state index is -4.41. The minimum absolute atomic E-state index is 0.0641. The molecule has 0 bridgehead atoms. The molecule has 1 saturated carbocycles. The van der Waals surface area contributed by atoms with Gasteiger partial charge in [0.1, 0.15) is 6.07 Å². The normalized spacial score (nSPS) is 21.5. The lowest BCUT2D eigenvalue weighted by Crippen LogP contribution is -2.48. The fourth-order valence-corrected chi connectivity index (χ4v) is 3.55. The van der Waals surface area contributed by atoms with Crippen LogP contribution in [0.5, 0.6) is 0 Å². The van der Waals surface area contributed by atoms with Gasteiger partial charge in [0.15, 0.2) is 0 Å². The van der Waals surface area contributed by atoms with Gasteiger partial charge in [-0.15, -0.1) is 0 Å². The van der Waals surface area contributed by atoms with E-state index in [1.165, 1.54) is 6.07 Å². The highest BCUT2D eigenvalue weighted by Gasteiger charge is 2.33. The van der Waals surface area contributed by atoms with Crippen LogP contribution in [-0.2, 0) is 6.18 Å². The summed E-state index contributed by atoms with van der Waals surface area (Å²) in [6.07, 6.45) is -0.291. The van der Waals surface area contributed by atoms with Crippen molar-refractivity contribution in [2.75, 3.05) is 18.4 Å². The highest BCUT2D eigenvalue weighted by molar-refractivity contribution is 5.60. The lowest BCUT2D eigenvalue weighted by molar-refractivity contribution is -0.137. The molecule has 1 aliphatic rings. The highest BCUT2D eigenvalue weighted by atomic mass is 19.4. The third kappa shape index (κ3) is 4.21. The maximum atomic E-state index is 13.0. The number of halogens is 3. The van der Waals surface area contributed by atoms with Crippen molar-refractivity contribution in [3.8, 4) is 6.07 Å². The number of nitrogens with zero attached hydrogens (tertiary/aromatic N) is 2. The predicted octanol–water partition coefficient (Wildman–Crippen LogP) is 4.64. The molecule has 0 spiro atoms. The van der Waals surface area contributed by atoms with Crippen molar-refractivity contribution < 1.29 is 13.2 Å². The number of nitriles is 1. The van der Waals surface area contributed by atoms with Gasteiger partial charge in [-0.2, -0.15) is 18.4 Å². The first kappa shape index (κ1) is 18.6. The van der Waals surface area contributed by atoms with Crippen molar-refractivity contribution in [1.29, 1.82) is 5.26 Å². The Hall–Kier alpha value is -1.74. The number of alkyl halides is 3. The Labute approximate surface area is 141 Å². The second kappa shape index (κ2) is 7.89. The van der Waals surface area contributed by atoms with E-state index < -0.39 is 11.7 Å². The lowest BCUT2D eigenvalue weighted by atomic mass is 9.88. The van der Waals surface area contributed by atoms with Crippen molar-refractivity contribution in [1.82, 2.24) is 4.90 Å². The largest absolute Gasteiger partial charge is 0.416 e. The van der Waals surface area contributed by atoms with Gasteiger partial charge in [-0.3, -0.25) is 4.90 Å². The van der Waals surface area contributed by atoms with Crippen LogP contribution < -0.4 is 5.32 Å². The first-order valence-corrected chi connectivity index (χ1v) is 8.52. The molecule has 2 rings (SSSR count). The molecular weight excluding hydrogens is 315 g/mol. The van der Waals surface area contributed by atoms with E-state index in [4.69, 9.17) is 0 Å². The molecule has 0 aliphatic heterocycles. The van der Waals surface area contributed by atoms with Crippen LogP contribution in [0.25, 0.3) is 0 Å². The van der Waals surface area contributed by atoms with Crippen LogP contribution in [0.1, 0.15) is 50.7 Å². The highest BCUT2D eigenvalue weighted by Crippen LogP contribution is 2.33. The zero-order valence-corrected chi connectivity index (χ0v) is 14.2. The van der Waals surface area contributed by atoms with Crippen LogP contribution in [0, 0.1) is 11.3 Å². The third-order valence-electron chi connectivity index (χ3n) is 4.82. The SMILES string of the molecule is CCN(CC)[C@@H]1CCCC[C@H]1Nc1cc(C(F)(F)F)ccc1C#N. The Kier molecular flexibility index (Phi) is 6.11. The molecule has 1 aliphatic carbocycles. The summed E-state index contributed by atoms with van der Waals surface area (Å²) in [5.74, 6) is 0. The fraction of sp³-hybridized carbons (Fsp3) is 0.611. The van der Waals surface area contributed by atoms with Crippen molar-refractivity contribution >= 4 is 5.69 Å². The predicted molar refractivity (Wildman–Crippen MR) is 88.7 cm³/mol. The fourth-order valence-electron chi connectivity index (χ4n) is 3.55. The van der Waals surface area contributed by atoms with E-state index in [1.54, 1.807) is 0 Å². The quantitative estimate of drug-likeness (QED) is 0.849. The number of rotatable bonds is 5. The second-order valence-corrected chi connectivity index (χ2v) is 6.19. The van der Waals surface area contributed by atoms with Gasteiger partial charge in [0.05, 0.1) is 16.8 Å². The lowest BCUT2D eigenvalue weighted by Gasteiger charge is -2.40. The monoisotopic (exact) mass is 339 g/mol. The number of hydrogen-bond acceptors (Lipinski definition) is 3. The maximum Gasteiger partial charge on any atom is 0.416 e. The zero-order chi connectivity index (χ0) is 17.7. The minimum Gasteiger partial charge on any atom is -0.380 e. The number of hydrogen-bond donors (Lipinski definition) is 1. The average molecular weight is 339 g/mol. The summed E-state index contributed by atoms with van der Waals surface area (Å²) in [6, 6.07) is 5.62. The van der Waals surface area contributed by atoms with Crippen LogP contribution in [0.4, 0.5) is 18.9 Å². The summed E-state index contributed by atoms with van der Waals surface area (Å²) in [7, 11) is 0.